The third kappa shape index (κ3) is 4.88. The molecule has 1 saturated heterocycles. The second-order valence-electron chi connectivity index (χ2n) is 4.62. The van der Waals surface area contributed by atoms with E-state index < -0.39 is 5.79 Å². The van der Waals surface area contributed by atoms with Gasteiger partial charge in [0.1, 0.15) is 12.8 Å². The number of nitrogens with zero attached hydrogens (tertiary/aromatic N) is 2. The first-order chi connectivity index (χ1) is 9.71. The van der Waals surface area contributed by atoms with Crippen molar-refractivity contribution in [2.24, 2.45) is 0 Å². The monoisotopic (exact) mass is 284 g/mol. The van der Waals surface area contributed by atoms with Crippen LogP contribution in [0.15, 0.2) is 6.20 Å². The largest absolute Gasteiger partial charge is 1.00 e. The van der Waals surface area contributed by atoms with Gasteiger partial charge in [0, 0.05) is 12.9 Å². The number of imidazole rings is 1. The van der Waals surface area contributed by atoms with Crippen molar-refractivity contribution in [2.75, 3.05) is 13.2 Å². The number of ether oxygens (including phenoxy) is 3. The molecule has 1 fully saturated rings. The maximum absolute atomic E-state index is 5.88. The van der Waals surface area contributed by atoms with Gasteiger partial charge in [0.05, 0.1) is 6.61 Å². The first-order valence-electron chi connectivity index (χ1n) is 7.07. The summed E-state index contributed by atoms with van der Waals surface area (Å²) in [5.74, 6) is 5.59. The quantitative estimate of drug-likeness (QED) is 0.394. The third-order valence-corrected chi connectivity index (χ3v) is 3.30. The first-order valence-corrected chi connectivity index (χ1v) is 7.07. The Kier molecular flexibility index (Phi) is 7.52. The molecule has 2 rings (SSSR count). The van der Waals surface area contributed by atoms with Gasteiger partial charge in [-0.15, -0.1) is 12.1 Å². The van der Waals surface area contributed by atoms with E-state index in [9.17, 15) is 0 Å². The second-order valence-corrected chi connectivity index (χ2v) is 4.62. The van der Waals surface area contributed by atoms with Gasteiger partial charge in [0.2, 0.25) is 0 Å². The first kappa shape index (κ1) is 18.3. The molecule has 110 valence electrons. The van der Waals surface area contributed by atoms with Crippen LogP contribution in [0.1, 0.15) is 39.3 Å². The zero-order valence-corrected chi connectivity index (χ0v) is 13.3. The third-order valence-electron chi connectivity index (χ3n) is 3.30. The van der Waals surface area contributed by atoms with E-state index in [4.69, 9.17) is 14.2 Å². The molecule has 0 saturated carbocycles. The van der Waals surface area contributed by atoms with Crippen LogP contribution in [0, 0.1) is 18.2 Å². The van der Waals surface area contributed by atoms with Crippen molar-refractivity contribution in [2.45, 2.75) is 52.2 Å². The molecule has 0 aliphatic carbocycles. The van der Waals surface area contributed by atoms with Gasteiger partial charge in [-0.25, -0.2) is 0 Å². The molecule has 1 aliphatic heterocycles. The van der Waals surface area contributed by atoms with Crippen molar-refractivity contribution in [3.8, 4) is 11.8 Å². The Bertz CT molecular complexity index is 489. The van der Waals surface area contributed by atoms with Crippen LogP contribution in [0.4, 0.5) is 0 Å². The van der Waals surface area contributed by atoms with Crippen LogP contribution in [0.25, 0.3) is 0 Å². The maximum Gasteiger partial charge on any atom is 1.00 e. The van der Waals surface area contributed by atoms with Gasteiger partial charge in [-0.1, -0.05) is 19.8 Å². The van der Waals surface area contributed by atoms with E-state index in [1.165, 1.54) is 0 Å². The SMILES string of the molecule is CCOCn1[c-]nc(C#C[C@H]2COC(CC)(CC)O2)c1.[Li+]. The average Bonchev–Trinajstić information content (AvgIpc) is 3.10. The van der Waals surface area contributed by atoms with Gasteiger partial charge in [-0.2, -0.15) is 0 Å². The van der Waals surface area contributed by atoms with Gasteiger partial charge in [0.25, 0.3) is 0 Å². The molecule has 21 heavy (non-hydrogen) atoms. The summed E-state index contributed by atoms with van der Waals surface area (Å²) in [6, 6.07) is 0. The van der Waals surface area contributed by atoms with Crippen molar-refractivity contribution in [3.63, 3.8) is 0 Å². The fourth-order valence-corrected chi connectivity index (χ4v) is 2.04. The molecular weight excluding hydrogens is 263 g/mol. The summed E-state index contributed by atoms with van der Waals surface area (Å²) in [4.78, 5) is 4.09. The van der Waals surface area contributed by atoms with Crippen molar-refractivity contribution >= 4 is 0 Å². The van der Waals surface area contributed by atoms with Crippen molar-refractivity contribution in [3.05, 3.63) is 18.2 Å². The maximum atomic E-state index is 5.88. The Morgan fingerprint density at radius 1 is 1.48 bits per heavy atom. The summed E-state index contributed by atoms with van der Waals surface area (Å²) >= 11 is 0. The molecule has 0 bridgehead atoms. The van der Waals surface area contributed by atoms with Crippen LogP contribution >= 0.6 is 0 Å². The van der Waals surface area contributed by atoms with Crippen molar-refractivity contribution < 1.29 is 33.1 Å². The molecule has 6 heteroatoms. The zero-order valence-electron chi connectivity index (χ0n) is 13.3. The Hall–Kier alpha value is -0.753. The van der Waals surface area contributed by atoms with Crippen LogP contribution in [-0.2, 0) is 20.9 Å². The molecule has 0 spiro atoms. The molecule has 0 N–H and O–H groups in total. The molecule has 1 atom stereocenters. The second kappa shape index (κ2) is 8.63. The minimum Gasteiger partial charge on any atom is -0.432 e. The van der Waals surface area contributed by atoms with Crippen LogP contribution in [0.3, 0.4) is 0 Å². The summed E-state index contributed by atoms with van der Waals surface area (Å²) in [5.41, 5.74) is 0.666. The fourth-order valence-electron chi connectivity index (χ4n) is 2.04. The number of rotatable bonds is 5. The van der Waals surface area contributed by atoms with Gasteiger partial charge >= 0.3 is 18.9 Å². The minimum absolute atomic E-state index is 0. The van der Waals surface area contributed by atoms with E-state index >= 15 is 0 Å². The molecular formula is C15H21LiN2O3. The summed E-state index contributed by atoms with van der Waals surface area (Å²) < 4.78 is 18.6. The Morgan fingerprint density at radius 2 is 2.24 bits per heavy atom. The molecule has 0 aromatic carbocycles. The molecule has 1 aliphatic rings. The smallest absolute Gasteiger partial charge is 0.432 e. The van der Waals surface area contributed by atoms with Crippen LogP contribution in [0.2, 0.25) is 0 Å². The molecule has 5 nitrogen and oxygen atoms in total. The van der Waals surface area contributed by atoms with Crippen LogP contribution < -0.4 is 18.9 Å². The van der Waals surface area contributed by atoms with Gasteiger partial charge < -0.3 is 23.8 Å². The Balaban J connectivity index is 0.00000220. The number of aromatic nitrogens is 2. The zero-order chi connectivity index (χ0) is 14.4. The summed E-state index contributed by atoms with van der Waals surface area (Å²) in [5, 5.41) is 0. The summed E-state index contributed by atoms with van der Waals surface area (Å²) in [7, 11) is 0. The van der Waals surface area contributed by atoms with Gasteiger partial charge in [0.15, 0.2) is 5.79 Å². The molecule has 2 heterocycles. The number of hydrogen-bond donors (Lipinski definition) is 0. The van der Waals surface area contributed by atoms with E-state index in [1.54, 1.807) is 4.57 Å². The molecule has 1 aromatic heterocycles. The summed E-state index contributed by atoms with van der Waals surface area (Å²) in [6.45, 7) is 7.69. The van der Waals surface area contributed by atoms with E-state index in [0.717, 1.165) is 12.8 Å². The standard InChI is InChI=1S/C15H21N2O3.Li/c1-4-15(5-2)19-10-14(20-15)8-7-13-9-17(11-16-13)12-18-6-3;/h9,14H,4-6,10,12H2,1-3H3;/q-1;+1/t14-;/m0./s1. The van der Waals surface area contributed by atoms with Crippen LogP contribution in [-0.4, -0.2) is 34.7 Å². The van der Waals surface area contributed by atoms with E-state index in [1.807, 2.05) is 13.1 Å². The fraction of sp³-hybridized carbons (Fsp3) is 0.667. The van der Waals surface area contributed by atoms with E-state index in [0.29, 0.717) is 25.6 Å². The average molecular weight is 284 g/mol. The van der Waals surface area contributed by atoms with Crippen molar-refractivity contribution in [1.82, 2.24) is 9.55 Å². The molecule has 0 unspecified atom stereocenters. The normalized spacial score (nSPS) is 19.7. The summed E-state index contributed by atoms with van der Waals surface area (Å²) in [6.07, 6.45) is 6.11. The van der Waals surface area contributed by atoms with Crippen LogP contribution in [0.5, 0.6) is 0 Å². The minimum atomic E-state index is -0.459. The molecule has 0 radical (unpaired) electrons. The number of hydrogen-bond acceptors (Lipinski definition) is 4. The van der Waals surface area contributed by atoms with E-state index in [-0.39, 0.29) is 25.0 Å². The topological polar surface area (TPSA) is 45.5 Å². The molecule has 1 aromatic rings. The predicted molar refractivity (Wildman–Crippen MR) is 73.7 cm³/mol. The predicted octanol–water partition coefficient (Wildman–Crippen LogP) is -1.04. The van der Waals surface area contributed by atoms with Crippen molar-refractivity contribution in [1.29, 1.82) is 0 Å². The van der Waals surface area contributed by atoms with Gasteiger partial charge in [-0.3, -0.25) is 0 Å². The Labute approximate surface area is 138 Å². The Morgan fingerprint density at radius 3 is 2.86 bits per heavy atom. The molecule has 0 amide bonds. The van der Waals surface area contributed by atoms with E-state index in [2.05, 4.69) is 37.0 Å². The van der Waals surface area contributed by atoms with Gasteiger partial charge in [-0.05, 0) is 25.5 Å².